The van der Waals surface area contributed by atoms with Crippen LogP contribution in [0.3, 0.4) is 0 Å². The summed E-state index contributed by atoms with van der Waals surface area (Å²) < 4.78 is 4.06. The van der Waals surface area contributed by atoms with Gasteiger partial charge in [0.05, 0.1) is 6.42 Å². The number of anilines is 1. The maximum atomic E-state index is 12.0. The van der Waals surface area contributed by atoms with Gasteiger partial charge in [0.1, 0.15) is 5.78 Å². The first-order chi connectivity index (χ1) is 9.56. The number of likely N-dealkylation sites (N-methyl/N-ethyl adjacent to an activating group) is 1. The number of hydrogen-bond donors (Lipinski definition) is 0. The van der Waals surface area contributed by atoms with Crippen LogP contribution in [0.5, 0.6) is 0 Å². The van der Waals surface area contributed by atoms with Gasteiger partial charge in [-0.3, -0.25) is 14.5 Å². The topological polar surface area (TPSA) is 63.2 Å². The first-order valence-corrected chi connectivity index (χ1v) is 7.58. The van der Waals surface area contributed by atoms with E-state index in [0.717, 1.165) is 17.1 Å². The summed E-state index contributed by atoms with van der Waals surface area (Å²) in [6.45, 7) is 1.49. The van der Waals surface area contributed by atoms with Gasteiger partial charge in [-0.2, -0.15) is 15.7 Å². The molecule has 1 amide bonds. The maximum Gasteiger partial charge on any atom is 0.252 e. The molecular formula is C13H13N3O2S2. The fourth-order valence-electron chi connectivity index (χ4n) is 1.42. The number of ketones is 1. The molecule has 2 aromatic rings. The van der Waals surface area contributed by atoms with Crippen LogP contribution in [0.2, 0.25) is 0 Å². The summed E-state index contributed by atoms with van der Waals surface area (Å²) in [6.07, 6.45) is 3.45. The minimum atomic E-state index is -0.179. The van der Waals surface area contributed by atoms with Gasteiger partial charge < -0.3 is 0 Å². The largest absolute Gasteiger partial charge is 0.300 e. The Bertz CT molecular complexity index is 632. The zero-order valence-electron chi connectivity index (χ0n) is 11.1. The Morgan fingerprint density at radius 2 is 2.25 bits per heavy atom. The minimum absolute atomic E-state index is 0.000633. The van der Waals surface area contributed by atoms with Crippen LogP contribution in [0.15, 0.2) is 22.9 Å². The molecule has 0 saturated heterocycles. The highest BCUT2D eigenvalue weighted by atomic mass is 32.1. The highest BCUT2D eigenvalue weighted by Crippen LogP contribution is 2.17. The number of amides is 1. The highest BCUT2D eigenvalue weighted by molar-refractivity contribution is 7.10. The van der Waals surface area contributed by atoms with Crippen LogP contribution in [-0.4, -0.2) is 28.1 Å². The monoisotopic (exact) mass is 307 g/mol. The second-order valence-corrected chi connectivity index (χ2v) is 5.67. The lowest BCUT2D eigenvalue weighted by atomic mass is 10.3. The normalized spacial score (nSPS) is 10.9. The van der Waals surface area contributed by atoms with Crippen molar-refractivity contribution < 1.29 is 9.59 Å². The number of rotatable bonds is 5. The van der Waals surface area contributed by atoms with Gasteiger partial charge in [0.25, 0.3) is 5.91 Å². The summed E-state index contributed by atoms with van der Waals surface area (Å²) >= 11 is 2.69. The van der Waals surface area contributed by atoms with E-state index in [4.69, 9.17) is 0 Å². The van der Waals surface area contributed by atoms with E-state index in [0.29, 0.717) is 11.0 Å². The Labute approximate surface area is 124 Å². The standard InChI is InChI=1S/C13H13N3O2S2/c1-9(17)7-11-14-13(20-15-11)16(2)12(18)4-3-10-5-6-19-8-10/h3-6,8H,7H2,1-2H3. The molecule has 2 heterocycles. The van der Waals surface area contributed by atoms with Crippen LogP contribution in [-0.2, 0) is 16.0 Å². The summed E-state index contributed by atoms with van der Waals surface area (Å²) in [5.41, 5.74) is 0.992. The van der Waals surface area contributed by atoms with Crippen LogP contribution in [0, 0.1) is 0 Å². The van der Waals surface area contributed by atoms with E-state index < -0.39 is 0 Å². The quantitative estimate of drug-likeness (QED) is 0.796. The molecule has 0 radical (unpaired) electrons. The molecule has 0 aliphatic heterocycles. The first kappa shape index (κ1) is 14.5. The number of aromatic nitrogens is 2. The number of Topliss-reactive ketones (excluding diaryl/α,β-unsaturated/α-hetero) is 1. The van der Waals surface area contributed by atoms with Crippen LogP contribution in [0.4, 0.5) is 5.13 Å². The van der Waals surface area contributed by atoms with Gasteiger partial charge in [0.15, 0.2) is 5.82 Å². The van der Waals surface area contributed by atoms with E-state index in [9.17, 15) is 9.59 Å². The van der Waals surface area contributed by atoms with Gasteiger partial charge in [-0.1, -0.05) is 0 Å². The van der Waals surface area contributed by atoms with Crippen molar-refractivity contribution in [1.82, 2.24) is 9.36 Å². The molecule has 0 aliphatic carbocycles. The van der Waals surface area contributed by atoms with E-state index in [-0.39, 0.29) is 18.1 Å². The molecule has 104 valence electrons. The zero-order chi connectivity index (χ0) is 14.5. The molecule has 20 heavy (non-hydrogen) atoms. The molecule has 0 unspecified atom stereocenters. The molecule has 0 saturated carbocycles. The Morgan fingerprint density at radius 3 is 2.90 bits per heavy atom. The van der Waals surface area contributed by atoms with E-state index in [2.05, 4.69) is 9.36 Å². The third-order valence-corrected chi connectivity index (χ3v) is 3.98. The van der Waals surface area contributed by atoms with Crippen molar-refractivity contribution in [3.63, 3.8) is 0 Å². The lowest BCUT2D eigenvalue weighted by molar-refractivity contribution is -0.116. The summed E-state index contributed by atoms with van der Waals surface area (Å²) in [5.74, 6) is 0.279. The highest BCUT2D eigenvalue weighted by Gasteiger charge is 2.14. The van der Waals surface area contributed by atoms with Gasteiger partial charge in [0.2, 0.25) is 5.13 Å². The maximum absolute atomic E-state index is 12.0. The summed E-state index contributed by atoms with van der Waals surface area (Å²) in [4.78, 5) is 28.6. The van der Waals surface area contributed by atoms with Crippen LogP contribution < -0.4 is 4.90 Å². The molecule has 0 aliphatic rings. The third kappa shape index (κ3) is 3.82. The van der Waals surface area contributed by atoms with Gasteiger partial charge in [0, 0.05) is 24.7 Å². The van der Waals surface area contributed by atoms with Crippen molar-refractivity contribution in [2.45, 2.75) is 13.3 Å². The van der Waals surface area contributed by atoms with E-state index >= 15 is 0 Å². The molecule has 0 fully saturated rings. The molecular weight excluding hydrogens is 294 g/mol. The summed E-state index contributed by atoms with van der Waals surface area (Å²) in [5, 5.41) is 4.40. The van der Waals surface area contributed by atoms with Gasteiger partial charge >= 0.3 is 0 Å². The SMILES string of the molecule is CC(=O)Cc1nsc(N(C)C(=O)C=Cc2ccsc2)n1. The average Bonchev–Trinajstić information content (AvgIpc) is 3.05. The molecule has 0 spiro atoms. The lowest BCUT2D eigenvalue weighted by Gasteiger charge is -2.09. The second kappa shape index (κ2) is 6.53. The fraction of sp³-hybridized carbons (Fsp3) is 0.231. The Kier molecular flexibility index (Phi) is 4.75. The van der Waals surface area contributed by atoms with Gasteiger partial charge in [-0.05, 0) is 35.4 Å². The van der Waals surface area contributed by atoms with Crippen molar-refractivity contribution in [2.75, 3.05) is 11.9 Å². The van der Waals surface area contributed by atoms with Crippen LogP contribution in [0.25, 0.3) is 6.08 Å². The summed E-state index contributed by atoms with van der Waals surface area (Å²) in [7, 11) is 1.64. The van der Waals surface area contributed by atoms with Crippen LogP contribution >= 0.6 is 22.9 Å². The van der Waals surface area contributed by atoms with Crippen LogP contribution in [0.1, 0.15) is 18.3 Å². The number of carbonyl (C=O) groups is 2. The number of hydrogen-bond acceptors (Lipinski definition) is 6. The molecule has 2 aromatic heterocycles. The van der Waals surface area contributed by atoms with E-state index in [1.165, 1.54) is 17.9 Å². The summed E-state index contributed by atoms with van der Waals surface area (Å²) in [6, 6.07) is 1.93. The average molecular weight is 307 g/mol. The molecule has 5 nitrogen and oxygen atoms in total. The predicted molar refractivity (Wildman–Crippen MR) is 81.1 cm³/mol. The Morgan fingerprint density at radius 1 is 1.45 bits per heavy atom. The second-order valence-electron chi connectivity index (χ2n) is 4.16. The van der Waals surface area contributed by atoms with Crippen molar-refractivity contribution in [2.24, 2.45) is 0 Å². The lowest BCUT2D eigenvalue weighted by Crippen LogP contribution is -2.23. The predicted octanol–water partition coefficient (Wildman–Crippen LogP) is 2.41. The van der Waals surface area contributed by atoms with Gasteiger partial charge in [-0.25, -0.2) is 4.98 Å². The minimum Gasteiger partial charge on any atom is -0.300 e. The molecule has 0 atom stereocenters. The Balaban J connectivity index is 2.03. The number of nitrogens with zero attached hydrogens (tertiary/aromatic N) is 3. The fourth-order valence-corrected chi connectivity index (χ4v) is 2.70. The molecule has 7 heteroatoms. The zero-order valence-corrected chi connectivity index (χ0v) is 12.7. The Hall–Kier alpha value is -1.86. The van der Waals surface area contributed by atoms with E-state index in [1.54, 1.807) is 24.5 Å². The number of thiophene rings is 1. The first-order valence-electron chi connectivity index (χ1n) is 5.86. The van der Waals surface area contributed by atoms with E-state index in [1.807, 2.05) is 16.8 Å². The van der Waals surface area contributed by atoms with Crippen molar-refractivity contribution in [1.29, 1.82) is 0 Å². The third-order valence-electron chi connectivity index (χ3n) is 2.44. The number of carbonyl (C=O) groups excluding carboxylic acids is 2. The smallest absolute Gasteiger partial charge is 0.252 e. The van der Waals surface area contributed by atoms with Gasteiger partial charge in [-0.15, -0.1) is 0 Å². The van der Waals surface area contributed by atoms with Crippen molar-refractivity contribution >= 4 is 45.8 Å². The molecule has 0 N–H and O–H groups in total. The molecule has 0 bridgehead atoms. The molecule has 0 aromatic carbocycles. The van der Waals surface area contributed by atoms with Crippen molar-refractivity contribution in [3.8, 4) is 0 Å². The molecule has 2 rings (SSSR count). The van der Waals surface area contributed by atoms with Crippen molar-refractivity contribution in [3.05, 3.63) is 34.3 Å².